The summed E-state index contributed by atoms with van der Waals surface area (Å²) in [6.07, 6.45) is 0.158. The van der Waals surface area contributed by atoms with Crippen LogP contribution in [0.3, 0.4) is 0 Å². The van der Waals surface area contributed by atoms with Crippen LogP contribution in [-0.2, 0) is 16.2 Å². The lowest BCUT2D eigenvalue weighted by atomic mass is 10.1. The Bertz CT molecular complexity index is 808. The Kier molecular flexibility index (Phi) is 5.16. The molecule has 7 heteroatoms. The first-order chi connectivity index (χ1) is 11.9. The first-order valence-corrected chi connectivity index (χ1v) is 8.46. The molecule has 2 N–H and O–H groups in total. The molecule has 0 aromatic heterocycles. The number of anilines is 1. The van der Waals surface area contributed by atoms with Crippen molar-refractivity contribution in [1.29, 1.82) is 0 Å². The molecule has 1 aliphatic rings. The van der Waals surface area contributed by atoms with Crippen LogP contribution in [0, 0.1) is 5.92 Å². The number of carbonyl (C=O) groups excluding carboxylic acids is 2. The van der Waals surface area contributed by atoms with Gasteiger partial charge in [0.05, 0.1) is 16.0 Å². The van der Waals surface area contributed by atoms with E-state index in [2.05, 4.69) is 0 Å². The number of amides is 2. The zero-order valence-corrected chi connectivity index (χ0v) is 14.8. The van der Waals surface area contributed by atoms with E-state index in [-0.39, 0.29) is 12.3 Å². The fourth-order valence-corrected chi connectivity index (χ4v) is 2.99. The summed E-state index contributed by atoms with van der Waals surface area (Å²) in [5.41, 5.74) is 6.90. The molecule has 1 saturated heterocycles. The lowest BCUT2D eigenvalue weighted by molar-refractivity contribution is -0.123. The Balaban J connectivity index is 1.63. The number of hydrogen-bond acceptors (Lipinski definition) is 3. The number of primary amides is 1. The highest BCUT2D eigenvalue weighted by molar-refractivity contribution is 6.42. The highest BCUT2D eigenvalue weighted by Crippen LogP contribution is 2.27. The number of nitrogens with zero attached hydrogens (tertiary/aromatic N) is 1. The molecular formula is C18H16Cl2N2O3. The van der Waals surface area contributed by atoms with Gasteiger partial charge in [0.25, 0.3) is 0 Å². The monoisotopic (exact) mass is 378 g/mol. The highest BCUT2D eigenvalue weighted by atomic mass is 35.5. The molecule has 2 aromatic rings. The van der Waals surface area contributed by atoms with Gasteiger partial charge in [-0.2, -0.15) is 0 Å². The van der Waals surface area contributed by atoms with Gasteiger partial charge in [0.1, 0.15) is 12.4 Å². The number of carbonyl (C=O) groups is 2. The van der Waals surface area contributed by atoms with E-state index in [0.717, 1.165) is 11.3 Å². The van der Waals surface area contributed by atoms with Crippen LogP contribution >= 0.6 is 23.2 Å². The normalized spacial score (nSPS) is 17.0. The van der Waals surface area contributed by atoms with Gasteiger partial charge in [0.2, 0.25) is 11.8 Å². The van der Waals surface area contributed by atoms with Crippen molar-refractivity contribution in [3.63, 3.8) is 0 Å². The van der Waals surface area contributed by atoms with Crippen molar-refractivity contribution < 1.29 is 14.3 Å². The molecule has 5 nitrogen and oxygen atoms in total. The molecule has 1 fully saturated rings. The van der Waals surface area contributed by atoms with Gasteiger partial charge >= 0.3 is 0 Å². The quantitative estimate of drug-likeness (QED) is 0.866. The first kappa shape index (κ1) is 17.6. The number of halogens is 2. The summed E-state index contributed by atoms with van der Waals surface area (Å²) < 4.78 is 5.71. The predicted molar refractivity (Wildman–Crippen MR) is 96.9 cm³/mol. The molecule has 0 radical (unpaired) electrons. The van der Waals surface area contributed by atoms with Gasteiger partial charge in [-0.3, -0.25) is 9.59 Å². The van der Waals surface area contributed by atoms with E-state index in [0.29, 0.717) is 28.9 Å². The molecule has 25 heavy (non-hydrogen) atoms. The fraction of sp³-hybridized carbons (Fsp3) is 0.222. The van der Waals surface area contributed by atoms with Crippen LogP contribution < -0.4 is 15.4 Å². The maximum atomic E-state index is 12.0. The molecule has 0 bridgehead atoms. The van der Waals surface area contributed by atoms with Gasteiger partial charge in [-0.15, -0.1) is 0 Å². The summed E-state index contributed by atoms with van der Waals surface area (Å²) >= 11 is 11.9. The fourth-order valence-electron chi connectivity index (χ4n) is 2.67. The van der Waals surface area contributed by atoms with Crippen LogP contribution in [-0.4, -0.2) is 18.4 Å². The molecular weight excluding hydrogens is 363 g/mol. The Morgan fingerprint density at radius 2 is 1.88 bits per heavy atom. The van der Waals surface area contributed by atoms with Gasteiger partial charge in [-0.1, -0.05) is 29.3 Å². The van der Waals surface area contributed by atoms with E-state index in [1.165, 1.54) is 0 Å². The molecule has 3 rings (SSSR count). The van der Waals surface area contributed by atoms with Crippen LogP contribution in [0.15, 0.2) is 42.5 Å². The smallest absolute Gasteiger partial charge is 0.227 e. The molecule has 130 valence electrons. The third-order valence-electron chi connectivity index (χ3n) is 4.07. The molecule has 2 aromatic carbocycles. The first-order valence-electron chi connectivity index (χ1n) is 7.70. The van der Waals surface area contributed by atoms with Crippen molar-refractivity contribution in [2.24, 2.45) is 11.7 Å². The van der Waals surface area contributed by atoms with Crippen molar-refractivity contribution in [1.82, 2.24) is 0 Å². The lowest BCUT2D eigenvalue weighted by Crippen LogP contribution is -2.28. The molecule has 0 saturated carbocycles. The lowest BCUT2D eigenvalue weighted by Gasteiger charge is -2.17. The molecule has 0 spiro atoms. The Hall–Kier alpha value is -2.24. The maximum absolute atomic E-state index is 12.0. The minimum atomic E-state index is -0.447. The summed E-state index contributed by atoms with van der Waals surface area (Å²) in [6, 6.07) is 12.4. The predicted octanol–water partition coefficient (Wildman–Crippen LogP) is 3.41. The molecule has 1 atom stereocenters. The topological polar surface area (TPSA) is 72.6 Å². The van der Waals surface area contributed by atoms with Gasteiger partial charge in [0.15, 0.2) is 0 Å². The summed E-state index contributed by atoms with van der Waals surface area (Å²) in [5, 5.41) is 0.981. The van der Waals surface area contributed by atoms with E-state index >= 15 is 0 Å². The molecule has 0 aliphatic carbocycles. The van der Waals surface area contributed by atoms with Crippen molar-refractivity contribution in [2.75, 3.05) is 11.4 Å². The van der Waals surface area contributed by atoms with Gasteiger partial charge < -0.3 is 15.4 Å². The summed E-state index contributed by atoms with van der Waals surface area (Å²) in [4.78, 5) is 24.8. The summed E-state index contributed by atoms with van der Waals surface area (Å²) in [7, 11) is 0. The van der Waals surface area contributed by atoms with Crippen molar-refractivity contribution in [3.05, 3.63) is 58.1 Å². The maximum Gasteiger partial charge on any atom is 0.227 e. The third-order valence-corrected chi connectivity index (χ3v) is 4.80. The number of benzene rings is 2. The van der Waals surface area contributed by atoms with Crippen molar-refractivity contribution >= 4 is 40.7 Å². The van der Waals surface area contributed by atoms with Crippen LogP contribution in [0.1, 0.15) is 12.0 Å². The largest absolute Gasteiger partial charge is 0.489 e. The highest BCUT2D eigenvalue weighted by Gasteiger charge is 2.33. The van der Waals surface area contributed by atoms with E-state index in [1.54, 1.807) is 41.3 Å². The van der Waals surface area contributed by atoms with Crippen LogP contribution in [0.25, 0.3) is 0 Å². The standard InChI is InChI=1S/C18H16Cl2N2O3/c19-15-6-1-11(7-16(15)20)10-25-14-4-2-13(3-5-14)22-9-12(18(21)24)8-17(22)23/h1-7,12H,8-10H2,(H2,21,24)/t12-/m0/s1. The average molecular weight is 379 g/mol. The number of ether oxygens (including phenoxy) is 1. The number of rotatable bonds is 5. The van der Waals surface area contributed by atoms with Gasteiger partial charge in [-0.25, -0.2) is 0 Å². The molecule has 1 aliphatic heterocycles. The van der Waals surface area contributed by atoms with Crippen LogP contribution in [0.2, 0.25) is 10.0 Å². The van der Waals surface area contributed by atoms with E-state index in [4.69, 9.17) is 33.7 Å². The van der Waals surface area contributed by atoms with E-state index in [9.17, 15) is 9.59 Å². The third kappa shape index (κ3) is 4.06. The Morgan fingerprint density at radius 3 is 2.48 bits per heavy atom. The molecule has 0 unspecified atom stereocenters. The van der Waals surface area contributed by atoms with Gasteiger partial charge in [0, 0.05) is 18.7 Å². The van der Waals surface area contributed by atoms with Crippen LogP contribution in [0.4, 0.5) is 5.69 Å². The molecule has 1 heterocycles. The SMILES string of the molecule is NC(=O)[C@H]1CC(=O)N(c2ccc(OCc3ccc(Cl)c(Cl)c3)cc2)C1. The van der Waals surface area contributed by atoms with Crippen molar-refractivity contribution in [3.8, 4) is 5.75 Å². The number of nitrogens with two attached hydrogens (primary N) is 1. The summed E-state index contributed by atoms with van der Waals surface area (Å²) in [5.74, 6) is -0.322. The van der Waals surface area contributed by atoms with Gasteiger partial charge in [-0.05, 0) is 42.0 Å². The minimum absolute atomic E-state index is 0.103. The molecule has 2 amide bonds. The second-order valence-corrected chi connectivity index (χ2v) is 6.65. The Morgan fingerprint density at radius 1 is 1.16 bits per heavy atom. The van der Waals surface area contributed by atoms with E-state index in [1.807, 2.05) is 6.07 Å². The Labute approximate surface area is 155 Å². The zero-order valence-electron chi connectivity index (χ0n) is 13.2. The van der Waals surface area contributed by atoms with E-state index < -0.39 is 11.8 Å². The number of hydrogen-bond donors (Lipinski definition) is 1. The summed E-state index contributed by atoms with van der Waals surface area (Å²) in [6.45, 7) is 0.667. The average Bonchev–Trinajstić information content (AvgIpc) is 2.99. The second-order valence-electron chi connectivity index (χ2n) is 5.84. The second kappa shape index (κ2) is 7.33. The van der Waals surface area contributed by atoms with Crippen molar-refractivity contribution in [2.45, 2.75) is 13.0 Å². The van der Waals surface area contributed by atoms with Crippen LogP contribution in [0.5, 0.6) is 5.75 Å². The zero-order chi connectivity index (χ0) is 18.0. The minimum Gasteiger partial charge on any atom is -0.489 e.